The third-order valence-corrected chi connectivity index (χ3v) is 4.24. The quantitative estimate of drug-likeness (QED) is 0.777. The fraction of sp³-hybridized carbons (Fsp3) is 0.200. The third kappa shape index (κ3) is 2.51. The van der Waals surface area contributed by atoms with E-state index in [0.29, 0.717) is 0 Å². The Morgan fingerprint density at radius 3 is 3.00 bits per heavy atom. The summed E-state index contributed by atoms with van der Waals surface area (Å²) >= 11 is 0. The molecule has 0 aliphatic carbocycles. The fourth-order valence-electron chi connectivity index (χ4n) is 3.20. The van der Waals surface area contributed by atoms with E-state index in [0.717, 1.165) is 30.6 Å². The molecule has 0 unspecified atom stereocenters. The molecule has 0 saturated heterocycles. The van der Waals surface area contributed by atoms with Crippen molar-refractivity contribution < 1.29 is 0 Å². The summed E-state index contributed by atoms with van der Waals surface area (Å²) in [5.41, 5.74) is 7.47. The lowest BCUT2D eigenvalue weighted by molar-refractivity contribution is 0.751. The number of pyridine rings is 1. The van der Waals surface area contributed by atoms with Crippen LogP contribution in [0.15, 0.2) is 48.5 Å². The van der Waals surface area contributed by atoms with Crippen LogP contribution in [0.4, 0.5) is 0 Å². The first-order valence-electron chi connectivity index (χ1n) is 7.75. The molecule has 2 heteroatoms. The van der Waals surface area contributed by atoms with Crippen molar-refractivity contribution in [3.63, 3.8) is 0 Å². The van der Waals surface area contributed by atoms with E-state index in [9.17, 15) is 0 Å². The molecule has 0 saturated carbocycles. The van der Waals surface area contributed by atoms with Crippen molar-refractivity contribution in [2.75, 3.05) is 6.54 Å². The van der Waals surface area contributed by atoms with Gasteiger partial charge in [-0.1, -0.05) is 36.4 Å². The van der Waals surface area contributed by atoms with Crippen LogP contribution in [-0.4, -0.2) is 11.5 Å². The first-order valence-corrected chi connectivity index (χ1v) is 7.75. The molecule has 22 heavy (non-hydrogen) atoms. The van der Waals surface area contributed by atoms with Crippen molar-refractivity contribution >= 4 is 10.9 Å². The molecule has 1 N–H and O–H groups in total. The lowest BCUT2D eigenvalue weighted by Crippen LogP contribution is -2.21. The van der Waals surface area contributed by atoms with Crippen LogP contribution in [0.25, 0.3) is 10.9 Å². The summed E-state index contributed by atoms with van der Waals surface area (Å²) in [6.45, 7) is 6.28. The molecule has 2 radical (unpaired) electrons. The first-order chi connectivity index (χ1) is 10.8. The predicted octanol–water partition coefficient (Wildman–Crippen LogP) is 3.67. The number of aromatic nitrogens is 1. The first kappa shape index (κ1) is 13.5. The smallest absolute Gasteiger partial charge is 0.0936 e. The molecule has 108 valence electrons. The summed E-state index contributed by atoms with van der Waals surface area (Å²) in [4.78, 5) is 4.63. The summed E-state index contributed by atoms with van der Waals surface area (Å²) in [5.74, 6) is 0. The molecule has 1 aliphatic rings. The SMILES string of the molecule is Cc1cc(Cc2ccc3c(c2)CCN[C]3)c2ccccc2n1. The molecule has 0 atom stereocenters. The van der Waals surface area contributed by atoms with E-state index in [-0.39, 0.29) is 0 Å². The van der Waals surface area contributed by atoms with Gasteiger partial charge in [-0.15, -0.1) is 0 Å². The average molecular weight is 286 g/mol. The van der Waals surface area contributed by atoms with Crippen molar-refractivity contribution in [2.24, 2.45) is 0 Å². The Morgan fingerprint density at radius 2 is 2.05 bits per heavy atom. The minimum absolute atomic E-state index is 0.949. The second kappa shape index (κ2) is 5.54. The van der Waals surface area contributed by atoms with E-state index in [4.69, 9.17) is 0 Å². The maximum atomic E-state index is 4.63. The number of nitrogens with zero attached hydrogens (tertiary/aromatic N) is 1. The largest absolute Gasteiger partial charge is 0.303 e. The van der Waals surface area contributed by atoms with Crippen LogP contribution in [0.2, 0.25) is 0 Å². The van der Waals surface area contributed by atoms with Gasteiger partial charge < -0.3 is 5.32 Å². The minimum Gasteiger partial charge on any atom is -0.303 e. The Labute approximate surface area is 131 Å². The van der Waals surface area contributed by atoms with Crippen LogP contribution >= 0.6 is 0 Å². The standard InChI is InChI=1S/C20H18N2/c1-14-10-18(19-4-2-3-5-20(19)22-14)12-15-6-7-17-13-21-9-8-16(17)11-15/h2-7,10-11,21H,8-9,12H2,1H3. The van der Waals surface area contributed by atoms with E-state index >= 15 is 0 Å². The number of rotatable bonds is 2. The van der Waals surface area contributed by atoms with Gasteiger partial charge in [-0.3, -0.25) is 4.98 Å². The number of hydrogen-bond donors (Lipinski definition) is 1. The summed E-state index contributed by atoms with van der Waals surface area (Å²) in [5, 5.41) is 4.44. The number of aryl methyl sites for hydroxylation is 1. The Hall–Kier alpha value is -2.19. The van der Waals surface area contributed by atoms with Crippen molar-refractivity contribution in [1.29, 1.82) is 0 Å². The zero-order chi connectivity index (χ0) is 14.9. The fourth-order valence-corrected chi connectivity index (χ4v) is 3.20. The summed E-state index contributed by atoms with van der Waals surface area (Å²) < 4.78 is 0. The van der Waals surface area contributed by atoms with Crippen molar-refractivity contribution in [1.82, 2.24) is 10.3 Å². The molecule has 1 aromatic heterocycles. The van der Waals surface area contributed by atoms with Crippen LogP contribution in [0.3, 0.4) is 0 Å². The van der Waals surface area contributed by atoms with E-state index in [1.807, 2.05) is 0 Å². The van der Waals surface area contributed by atoms with Crippen LogP contribution < -0.4 is 5.32 Å². The van der Waals surface area contributed by atoms with Gasteiger partial charge >= 0.3 is 0 Å². The van der Waals surface area contributed by atoms with E-state index in [1.54, 1.807) is 0 Å². The van der Waals surface area contributed by atoms with Gasteiger partial charge in [0.2, 0.25) is 0 Å². The zero-order valence-corrected chi connectivity index (χ0v) is 12.7. The Kier molecular flexibility index (Phi) is 3.39. The molecule has 4 rings (SSSR count). The summed E-state index contributed by atoms with van der Waals surface area (Å²) in [6, 6.07) is 17.3. The highest BCUT2D eigenvalue weighted by Gasteiger charge is 2.11. The molecule has 3 aromatic rings. The second-order valence-corrected chi connectivity index (χ2v) is 5.91. The number of fused-ring (bicyclic) bond motifs is 2. The van der Waals surface area contributed by atoms with Gasteiger partial charge in [0.25, 0.3) is 0 Å². The van der Waals surface area contributed by atoms with E-state index < -0.39 is 0 Å². The van der Waals surface area contributed by atoms with Gasteiger partial charge in [0, 0.05) is 17.6 Å². The Morgan fingerprint density at radius 1 is 1.14 bits per heavy atom. The van der Waals surface area contributed by atoms with Crippen LogP contribution in [-0.2, 0) is 12.8 Å². The van der Waals surface area contributed by atoms with Crippen LogP contribution in [0.5, 0.6) is 0 Å². The number of para-hydroxylation sites is 1. The van der Waals surface area contributed by atoms with Crippen molar-refractivity contribution in [3.05, 3.63) is 83.0 Å². The van der Waals surface area contributed by atoms with Gasteiger partial charge in [0.05, 0.1) is 12.1 Å². The number of nitrogens with one attached hydrogen (secondary N) is 1. The normalized spacial score (nSPS) is 14.0. The third-order valence-electron chi connectivity index (χ3n) is 4.24. The molecule has 0 amide bonds. The lowest BCUT2D eigenvalue weighted by Gasteiger charge is -2.17. The van der Waals surface area contributed by atoms with Gasteiger partial charge in [-0.05, 0) is 54.2 Å². The van der Waals surface area contributed by atoms with Crippen LogP contribution in [0.1, 0.15) is 27.9 Å². The molecule has 0 spiro atoms. The van der Waals surface area contributed by atoms with Crippen molar-refractivity contribution in [3.8, 4) is 0 Å². The summed E-state index contributed by atoms with van der Waals surface area (Å²) in [7, 11) is 0. The predicted molar refractivity (Wildman–Crippen MR) is 89.8 cm³/mol. The Bertz CT molecular complexity index is 836. The molecular formula is C20H18N2. The summed E-state index contributed by atoms with van der Waals surface area (Å²) in [6.07, 6.45) is 2.02. The molecule has 1 aliphatic heterocycles. The molecule has 0 fully saturated rings. The highest BCUT2D eigenvalue weighted by molar-refractivity contribution is 5.82. The highest BCUT2D eigenvalue weighted by Crippen LogP contribution is 2.23. The zero-order valence-electron chi connectivity index (χ0n) is 12.7. The number of hydrogen-bond acceptors (Lipinski definition) is 2. The maximum absolute atomic E-state index is 4.63. The maximum Gasteiger partial charge on any atom is 0.0936 e. The van der Waals surface area contributed by atoms with Crippen LogP contribution in [0, 0.1) is 13.5 Å². The molecular weight excluding hydrogens is 268 g/mol. The highest BCUT2D eigenvalue weighted by atomic mass is 14.9. The van der Waals surface area contributed by atoms with E-state index in [2.05, 4.69) is 72.3 Å². The number of benzene rings is 2. The van der Waals surface area contributed by atoms with Gasteiger partial charge in [-0.25, -0.2) is 0 Å². The molecule has 2 nitrogen and oxygen atoms in total. The lowest BCUT2D eigenvalue weighted by atomic mass is 9.94. The Balaban J connectivity index is 1.74. The van der Waals surface area contributed by atoms with Gasteiger partial charge in [0.1, 0.15) is 0 Å². The van der Waals surface area contributed by atoms with Gasteiger partial charge in [0.15, 0.2) is 0 Å². The van der Waals surface area contributed by atoms with E-state index in [1.165, 1.54) is 27.6 Å². The monoisotopic (exact) mass is 286 g/mol. The molecule has 0 bridgehead atoms. The minimum atomic E-state index is 0.949. The van der Waals surface area contributed by atoms with Gasteiger partial charge in [-0.2, -0.15) is 0 Å². The molecule has 2 aromatic carbocycles. The topological polar surface area (TPSA) is 24.9 Å². The second-order valence-electron chi connectivity index (χ2n) is 5.91. The molecule has 2 heterocycles. The van der Waals surface area contributed by atoms with Crippen molar-refractivity contribution in [2.45, 2.75) is 19.8 Å². The average Bonchev–Trinajstić information content (AvgIpc) is 2.54.